The van der Waals surface area contributed by atoms with E-state index in [-0.39, 0.29) is 0 Å². The highest BCUT2D eigenvalue weighted by molar-refractivity contribution is 5.39. The molecule has 25 heavy (non-hydrogen) atoms. The van der Waals surface area contributed by atoms with Crippen molar-refractivity contribution < 1.29 is 4.74 Å². The molecular weight excluding hydrogens is 310 g/mol. The largest absolute Gasteiger partial charge is 0.493 e. The minimum absolute atomic E-state index is 0.800. The molecular formula is C21H29N3O. The minimum Gasteiger partial charge on any atom is -0.493 e. The van der Waals surface area contributed by atoms with Gasteiger partial charge in [0.1, 0.15) is 11.6 Å². The first-order valence-electron chi connectivity index (χ1n) is 9.71. The molecule has 2 aliphatic rings. The van der Waals surface area contributed by atoms with Gasteiger partial charge in [0.05, 0.1) is 6.61 Å². The summed E-state index contributed by atoms with van der Waals surface area (Å²) in [5.74, 6) is 3.13. The van der Waals surface area contributed by atoms with E-state index in [2.05, 4.69) is 45.9 Å². The van der Waals surface area contributed by atoms with Crippen LogP contribution in [0.5, 0.6) is 5.75 Å². The number of hydrogen-bond donors (Lipinski definition) is 0. The van der Waals surface area contributed by atoms with E-state index in [0.717, 1.165) is 31.1 Å². The number of fused-ring (bicyclic) bond motifs is 1. The van der Waals surface area contributed by atoms with Gasteiger partial charge >= 0.3 is 0 Å². The van der Waals surface area contributed by atoms with Gasteiger partial charge in [0, 0.05) is 32.3 Å². The van der Waals surface area contributed by atoms with Crippen LogP contribution in [0.3, 0.4) is 0 Å². The van der Waals surface area contributed by atoms with Crippen molar-refractivity contribution in [1.82, 2.24) is 14.5 Å². The third-order valence-corrected chi connectivity index (χ3v) is 5.79. The Morgan fingerprint density at radius 2 is 2.12 bits per heavy atom. The van der Waals surface area contributed by atoms with Crippen molar-refractivity contribution >= 4 is 0 Å². The highest BCUT2D eigenvalue weighted by atomic mass is 16.5. The molecule has 4 heteroatoms. The summed E-state index contributed by atoms with van der Waals surface area (Å²) in [4.78, 5) is 7.12. The van der Waals surface area contributed by atoms with Gasteiger partial charge in [0.25, 0.3) is 0 Å². The van der Waals surface area contributed by atoms with E-state index >= 15 is 0 Å². The predicted molar refractivity (Wildman–Crippen MR) is 100 cm³/mol. The van der Waals surface area contributed by atoms with Gasteiger partial charge in [-0.3, -0.25) is 0 Å². The lowest BCUT2D eigenvalue weighted by Crippen LogP contribution is -2.35. The van der Waals surface area contributed by atoms with Gasteiger partial charge in [-0.25, -0.2) is 4.98 Å². The number of ether oxygens (including phenoxy) is 1. The lowest BCUT2D eigenvalue weighted by molar-refractivity contribution is 0.181. The van der Waals surface area contributed by atoms with Gasteiger partial charge in [0.2, 0.25) is 0 Å². The van der Waals surface area contributed by atoms with Crippen molar-refractivity contribution in [3.63, 3.8) is 0 Å². The molecule has 0 atom stereocenters. The van der Waals surface area contributed by atoms with Crippen molar-refractivity contribution in [3.8, 4) is 5.75 Å². The van der Waals surface area contributed by atoms with E-state index in [1.807, 2.05) is 6.20 Å². The first-order valence-corrected chi connectivity index (χ1v) is 9.71. The Bertz CT molecular complexity index is 701. The van der Waals surface area contributed by atoms with Gasteiger partial charge in [0.15, 0.2) is 0 Å². The van der Waals surface area contributed by atoms with Crippen LogP contribution in [-0.4, -0.2) is 40.7 Å². The van der Waals surface area contributed by atoms with Crippen molar-refractivity contribution in [2.75, 3.05) is 26.2 Å². The third-order valence-electron chi connectivity index (χ3n) is 5.79. The second-order valence-corrected chi connectivity index (χ2v) is 7.59. The van der Waals surface area contributed by atoms with Gasteiger partial charge in [-0.2, -0.15) is 0 Å². The topological polar surface area (TPSA) is 30.3 Å². The van der Waals surface area contributed by atoms with E-state index in [1.165, 1.54) is 62.3 Å². The highest BCUT2D eigenvalue weighted by Crippen LogP contribution is 2.26. The number of piperidine rings is 1. The van der Waals surface area contributed by atoms with Crippen LogP contribution in [0.4, 0.5) is 0 Å². The van der Waals surface area contributed by atoms with E-state index in [0.29, 0.717) is 0 Å². The average molecular weight is 339 g/mol. The molecule has 0 spiro atoms. The first kappa shape index (κ1) is 16.6. The lowest BCUT2D eigenvalue weighted by atomic mass is 9.93. The summed E-state index contributed by atoms with van der Waals surface area (Å²) in [5, 5.41) is 0. The molecule has 0 radical (unpaired) electrons. The van der Waals surface area contributed by atoms with Gasteiger partial charge < -0.3 is 14.2 Å². The van der Waals surface area contributed by atoms with Crippen LogP contribution < -0.4 is 4.74 Å². The Hall–Kier alpha value is -1.81. The Kier molecular flexibility index (Phi) is 5.07. The summed E-state index contributed by atoms with van der Waals surface area (Å²) in [5.41, 5.74) is 2.86. The summed E-state index contributed by atoms with van der Waals surface area (Å²) in [7, 11) is 2.10. The molecule has 1 aromatic heterocycles. The van der Waals surface area contributed by atoms with E-state index in [1.54, 1.807) is 0 Å². The number of likely N-dealkylation sites (tertiary alicyclic amines) is 1. The number of benzene rings is 1. The van der Waals surface area contributed by atoms with Gasteiger partial charge in [-0.15, -0.1) is 0 Å². The minimum atomic E-state index is 0.800. The first-order chi connectivity index (χ1) is 12.3. The maximum Gasteiger partial charge on any atom is 0.122 e. The van der Waals surface area contributed by atoms with Gasteiger partial charge in [-0.05, 0) is 68.4 Å². The van der Waals surface area contributed by atoms with E-state index in [4.69, 9.17) is 4.74 Å². The summed E-state index contributed by atoms with van der Waals surface area (Å²) >= 11 is 0. The molecule has 0 unspecified atom stereocenters. The van der Waals surface area contributed by atoms with Crippen LogP contribution in [0.1, 0.15) is 36.2 Å². The molecule has 0 N–H and O–H groups in total. The second kappa shape index (κ2) is 7.61. The Morgan fingerprint density at radius 3 is 2.92 bits per heavy atom. The molecule has 0 aliphatic carbocycles. The molecule has 0 saturated carbocycles. The molecule has 2 aromatic rings. The fourth-order valence-electron chi connectivity index (χ4n) is 4.17. The molecule has 0 amide bonds. The molecule has 134 valence electrons. The molecule has 1 saturated heterocycles. The fourth-order valence-corrected chi connectivity index (χ4v) is 4.17. The zero-order valence-electron chi connectivity index (χ0n) is 15.3. The molecule has 2 aliphatic heterocycles. The van der Waals surface area contributed by atoms with Crippen LogP contribution in [-0.2, 0) is 26.3 Å². The number of nitrogens with zero attached hydrogens (tertiary/aromatic N) is 3. The van der Waals surface area contributed by atoms with E-state index < -0.39 is 0 Å². The van der Waals surface area contributed by atoms with Crippen LogP contribution in [0.15, 0.2) is 30.6 Å². The lowest BCUT2D eigenvalue weighted by Gasteiger charge is -2.31. The summed E-state index contributed by atoms with van der Waals surface area (Å²) in [6, 6.07) is 6.74. The quantitative estimate of drug-likeness (QED) is 0.809. The van der Waals surface area contributed by atoms with Crippen molar-refractivity contribution in [2.24, 2.45) is 13.0 Å². The van der Waals surface area contributed by atoms with Crippen LogP contribution in [0, 0.1) is 5.92 Å². The normalized spacial score (nSPS) is 18.3. The Morgan fingerprint density at radius 1 is 1.24 bits per heavy atom. The predicted octanol–water partition coefficient (Wildman–Crippen LogP) is 3.24. The molecule has 1 aromatic carbocycles. The smallest absolute Gasteiger partial charge is 0.122 e. The zero-order chi connectivity index (χ0) is 17.1. The maximum atomic E-state index is 5.59. The van der Waals surface area contributed by atoms with E-state index in [9.17, 15) is 0 Å². The molecule has 3 heterocycles. The molecule has 4 nitrogen and oxygen atoms in total. The summed E-state index contributed by atoms with van der Waals surface area (Å²) in [6.07, 6.45) is 11.2. The van der Waals surface area contributed by atoms with Crippen LogP contribution >= 0.6 is 0 Å². The monoisotopic (exact) mass is 339 g/mol. The highest BCUT2D eigenvalue weighted by Gasteiger charge is 2.20. The SMILES string of the molecule is Cn1ccnc1CC1CCN(CCCc2ccc3c(c2)CCO3)CC1. The number of aryl methyl sites for hydroxylation is 2. The maximum absolute atomic E-state index is 5.59. The Balaban J connectivity index is 1.18. The third kappa shape index (κ3) is 4.06. The van der Waals surface area contributed by atoms with Crippen molar-refractivity contribution in [1.29, 1.82) is 0 Å². The summed E-state index contributed by atoms with van der Waals surface area (Å²) < 4.78 is 7.75. The summed E-state index contributed by atoms with van der Waals surface area (Å²) in [6.45, 7) is 4.56. The molecule has 0 bridgehead atoms. The van der Waals surface area contributed by atoms with Crippen molar-refractivity contribution in [2.45, 2.75) is 38.5 Å². The van der Waals surface area contributed by atoms with Crippen LogP contribution in [0.2, 0.25) is 0 Å². The fraction of sp³-hybridized carbons (Fsp3) is 0.571. The number of aromatic nitrogens is 2. The second-order valence-electron chi connectivity index (χ2n) is 7.59. The van der Waals surface area contributed by atoms with Crippen molar-refractivity contribution in [3.05, 3.63) is 47.5 Å². The standard InChI is InChI=1S/C21H29N3O/c1-23-13-9-22-21(23)16-18-6-11-24(12-7-18)10-2-3-17-4-5-20-19(15-17)8-14-25-20/h4-5,9,13,15,18H,2-3,6-8,10-12,14,16H2,1H3. The van der Waals surface area contributed by atoms with Crippen LogP contribution in [0.25, 0.3) is 0 Å². The Labute approximate surface area is 150 Å². The zero-order valence-corrected chi connectivity index (χ0v) is 15.3. The average Bonchev–Trinajstić information content (AvgIpc) is 3.25. The van der Waals surface area contributed by atoms with Gasteiger partial charge in [-0.1, -0.05) is 12.1 Å². The molecule has 1 fully saturated rings. The number of imidazole rings is 1. The number of rotatable bonds is 6. The number of hydrogen-bond acceptors (Lipinski definition) is 3. The molecule has 4 rings (SSSR count).